The maximum atomic E-state index is 13.5. The molecule has 2 amide bonds. The van der Waals surface area contributed by atoms with Crippen LogP contribution in [-0.4, -0.2) is 29.5 Å². The fraction of sp³-hybridized carbons (Fsp3) is 0.440. The van der Waals surface area contributed by atoms with Crippen LogP contribution in [0.1, 0.15) is 61.8 Å². The van der Waals surface area contributed by atoms with Crippen LogP contribution in [0.15, 0.2) is 42.5 Å². The summed E-state index contributed by atoms with van der Waals surface area (Å²) < 4.78 is 10.9. The van der Waals surface area contributed by atoms with Gasteiger partial charge in [-0.3, -0.25) is 9.59 Å². The Labute approximate surface area is 183 Å². The Bertz CT molecular complexity index is 935. The molecule has 1 saturated carbocycles. The smallest absolute Gasteiger partial charge is 0.231 e. The Hall–Kier alpha value is -3.02. The van der Waals surface area contributed by atoms with Gasteiger partial charge < -0.3 is 19.7 Å². The lowest BCUT2D eigenvalue weighted by atomic mass is 10.0. The molecular formula is C25H30N2O4. The fourth-order valence-electron chi connectivity index (χ4n) is 4.46. The molecule has 1 N–H and O–H groups in total. The normalized spacial score (nSPS) is 16.2. The number of aryl methyl sites for hydroxylation is 1. The Balaban J connectivity index is 1.54. The van der Waals surface area contributed by atoms with Gasteiger partial charge in [0.25, 0.3) is 0 Å². The summed E-state index contributed by atoms with van der Waals surface area (Å²) in [6.07, 6.45) is 4.56. The number of fused-ring (bicyclic) bond motifs is 1. The molecule has 1 aliphatic heterocycles. The molecule has 1 fully saturated rings. The highest BCUT2D eigenvalue weighted by Crippen LogP contribution is 2.34. The second-order valence-corrected chi connectivity index (χ2v) is 8.52. The molecule has 6 nitrogen and oxygen atoms in total. The highest BCUT2D eigenvalue weighted by molar-refractivity contribution is 5.79. The van der Waals surface area contributed by atoms with Crippen LogP contribution in [-0.2, 0) is 16.1 Å². The van der Waals surface area contributed by atoms with Crippen molar-refractivity contribution in [1.29, 1.82) is 0 Å². The third kappa shape index (κ3) is 5.19. The molecule has 6 heteroatoms. The first-order chi connectivity index (χ1) is 15.0. The highest BCUT2D eigenvalue weighted by atomic mass is 16.7. The summed E-state index contributed by atoms with van der Waals surface area (Å²) in [5.74, 6) is 1.39. The number of benzene rings is 2. The lowest BCUT2D eigenvalue weighted by molar-refractivity contribution is -0.135. The number of nitrogens with one attached hydrogen (secondary N) is 1. The van der Waals surface area contributed by atoms with E-state index < -0.39 is 0 Å². The number of hydrogen-bond acceptors (Lipinski definition) is 4. The SMILES string of the molecule is CC(=O)N[C@H](CC(=O)N(Cc1ccc2c(c1)OCO2)C1CCCC1)c1ccc(C)cc1. The van der Waals surface area contributed by atoms with Crippen molar-refractivity contribution >= 4 is 11.8 Å². The van der Waals surface area contributed by atoms with Gasteiger partial charge in [-0.2, -0.15) is 0 Å². The van der Waals surface area contributed by atoms with Gasteiger partial charge >= 0.3 is 0 Å². The van der Waals surface area contributed by atoms with E-state index >= 15 is 0 Å². The van der Waals surface area contributed by atoms with Crippen molar-refractivity contribution in [2.24, 2.45) is 0 Å². The van der Waals surface area contributed by atoms with E-state index in [1.165, 1.54) is 6.92 Å². The van der Waals surface area contributed by atoms with E-state index in [1.54, 1.807) is 0 Å². The molecule has 0 spiro atoms. The van der Waals surface area contributed by atoms with Crippen molar-refractivity contribution in [1.82, 2.24) is 10.2 Å². The van der Waals surface area contributed by atoms with E-state index in [1.807, 2.05) is 54.3 Å². The molecule has 0 saturated heterocycles. The van der Waals surface area contributed by atoms with Gasteiger partial charge in [0.05, 0.1) is 12.5 Å². The molecule has 1 heterocycles. The predicted octanol–water partition coefficient (Wildman–Crippen LogP) is 4.26. The first-order valence-corrected chi connectivity index (χ1v) is 11.0. The average molecular weight is 423 g/mol. The van der Waals surface area contributed by atoms with Crippen LogP contribution < -0.4 is 14.8 Å². The summed E-state index contributed by atoms with van der Waals surface area (Å²) in [4.78, 5) is 27.4. The van der Waals surface area contributed by atoms with Crippen molar-refractivity contribution in [3.63, 3.8) is 0 Å². The van der Waals surface area contributed by atoms with Crippen LogP contribution in [0.2, 0.25) is 0 Å². The minimum atomic E-state index is -0.341. The molecule has 2 aliphatic rings. The van der Waals surface area contributed by atoms with E-state index in [2.05, 4.69) is 5.32 Å². The molecule has 31 heavy (non-hydrogen) atoms. The van der Waals surface area contributed by atoms with Gasteiger partial charge in [-0.25, -0.2) is 0 Å². The number of ether oxygens (including phenoxy) is 2. The molecule has 1 aliphatic carbocycles. The zero-order chi connectivity index (χ0) is 21.8. The second-order valence-electron chi connectivity index (χ2n) is 8.52. The van der Waals surface area contributed by atoms with Crippen LogP contribution in [0.4, 0.5) is 0 Å². The summed E-state index contributed by atoms with van der Waals surface area (Å²) >= 11 is 0. The quantitative estimate of drug-likeness (QED) is 0.724. The van der Waals surface area contributed by atoms with Gasteiger partial charge in [-0.05, 0) is 43.0 Å². The van der Waals surface area contributed by atoms with E-state index in [0.29, 0.717) is 6.54 Å². The molecule has 1 atom stereocenters. The van der Waals surface area contributed by atoms with E-state index in [0.717, 1.165) is 53.9 Å². The second kappa shape index (κ2) is 9.41. The average Bonchev–Trinajstić information content (AvgIpc) is 3.43. The topological polar surface area (TPSA) is 67.9 Å². The molecule has 4 rings (SSSR count). The van der Waals surface area contributed by atoms with Crippen molar-refractivity contribution < 1.29 is 19.1 Å². The fourth-order valence-corrected chi connectivity index (χ4v) is 4.46. The maximum Gasteiger partial charge on any atom is 0.231 e. The van der Waals surface area contributed by atoms with Gasteiger partial charge in [-0.15, -0.1) is 0 Å². The van der Waals surface area contributed by atoms with Crippen LogP contribution in [0.5, 0.6) is 11.5 Å². The maximum absolute atomic E-state index is 13.5. The third-order valence-corrected chi connectivity index (χ3v) is 6.11. The number of hydrogen-bond donors (Lipinski definition) is 1. The Morgan fingerprint density at radius 3 is 2.48 bits per heavy atom. The summed E-state index contributed by atoms with van der Waals surface area (Å²) in [6, 6.07) is 13.7. The first-order valence-electron chi connectivity index (χ1n) is 11.0. The molecule has 0 unspecified atom stereocenters. The van der Waals surface area contributed by atoms with Crippen LogP contribution in [0.3, 0.4) is 0 Å². The predicted molar refractivity (Wildman–Crippen MR) is 118 cm³/mol. The van der Waals surface area contributed by atoms with Crippen LogP contribution in [0.25, 0.3) is 0 Å². The minimum Gasteiger partial charge on any atom is -0.454 e. The molecule has 0 aromatic heterocycles. The monoisotopic (exact) mass is 422 g/mol. The number of carbonyl (C=O) groups is 2. The lowest BCUT2D eigenvalue weighted by Crippen LogP contribution is -2.40. The Morgan fingerprint density at radius 2 is 1.77 bits per heavy atom. The zero-order valence-electron chi connectivity index (χ0n) is 18.2. The molecule has 2 aromatic rings. The number of amides is 2. The van der Waals surface area contributed by atoms with Gasteiger partial charge in [0.2, 0.25) is 18.6 Å². The Morgan fingerprint density at radius 1 is 1.06 bits per heavy atom. The minimum absolute atomic E-state index is 0.0592. The summed E-state index contributed by atoms with van der Waals surface area (Å²) in [7, 11) is 0. The van der Waals surface area contributed by atoms with Gasteiger partial charge in [0.1, 0.15) is 0 Å². The highest BCUT2D eigenvalue weighted by Gasteiger charge is 2.29. The third-order valence-electron chi connectivity index (χ3n) is 6.11. The van der Waals surface area contributed by atoms with Crippen molar-refractivity contribution in [2.75, 3.05) is 6.79 Å². The van der Waals surface area contributed by atoms with E-state index in [-0.39, 0.29) is 37.1 Å². The summed E-state index contributed by atoms with van der Waals surface area (Å²) in [5, 5.41) is 2.97. The molecule has 2 aromatic carbocycles. The summed E-state index contributed by atoms with van der Waals surface area (Å²) in [6.45, 7) is 4.28. The zero-order valence-corrected chi connectivity index (χ0v) is 18.2. The molecule has 0 radical (unpaired) electrons. The number of carbonyl (C=O) groups excluding carboxylic acids is 2. The standard InChI is InChI=1S/C25H30N2O4/c1-17-7-10-20(11-8-17)22(26-18(2)28)14-25(29)27(21-5-3-4-6-21)15-19-9-12-23-24(13-19)31-16-30-23/h7-13,21-22H,3-6,14-16H2,1-2H3,(H,26,28)/t22-/m1/s1. The van der Waals surface area contributed by atoms with Crippen molar-refractivity contribution in [3.05, 3.63) is 59.2 Å². The van der Waals surface area contributed by atoms with Crippen molar-refractivity contribution in [3.8, 4) is 11.5 Å². The van der Waals surface area contributed by atoms with Crippen LogP contribution in [0, 0.1) is 6.92 Å². The largest absolute Gasteiger partial charge is 0.454 e. The van der Waals surface area contributed by atoms with E-state index in [9.17, 15) is 9.59 Å². The van der Waals surface area contributed by atoms with E-state index in [4.69, 9.17) is 9.47 Å². The van der Waals surface area contributed by atoms with Crippen LogP contribution >= 0.6 is 0 Å². The lowest BCUT2D eigenvalue weighted by Gasteiger charge is -2.31. The molecule has 0 bridgehead atoms. The first kappa shape index (κ1) is 21.2. The van der Waals surface area contributed by atoms with Gasteiger partial charge in [-0.1, -0.05) is 48.7 Å². The Kier molecular flexibility index (Phi) is 6.44. The molecular weight excluding hydrogens is 392 g/mol. The van der Waals surface area contributed by atoms with Gasteiger partial charge in [0, 0.05) is 19.5 Å². The summed E-state index contributed by atoms with van der Waals surface area (Å²) in [5.41, 5.74) is 3.12. The number of nitrogens with zero attached hydrogens (tertiary/aromatic N) is 1. The van der Waals surface area contributed by atoms with Gasteiger partial charge in [0.15, 0.2) is 11.5 Å². The molecule has 164 valence electrons. The number of rotatable bonds is 7. The van der Waals surface area contributed by atoms with Crippen molar-refractivity contribution in [2.45, 2.75) is 64.6 Å².